The summed E-state index contributed by atoms with van der Waals surface area (Å²) >= 11 is 0. The fourth-order valence-corrected chi connectivity index (χ4v) is 2.89. The maximum Gasteiger partial charge on any atom is 0.204 e. The molecule has 0 aliphatic heterocycles. The van der Waals surface area contributed by atoms with Crippen LogP contribution in [0.1, 0.15) is 0 Å². The molecule has 0 amide bonds. The third-order valence-electron chi connectivity index (χ3n) is 4.20. The van der Waals surface area contributed by atoms with Crippen LogP contribution in [0.3, 0.4) is 0 Å². The van der Waals surface area contributed by atoms with Crippen LogP contribution in [0, 0.1) is 0 Å². The molecular weight excluding hydrogens is 332 g/mol. The summed E-state index contributed by atoms with van der Waals surface area (Å²) < 4.78 is 18.0. The van der Waals surface area contributed by atoms with E-state index in [1.807, 2.05) is 30.3 Å². The Bertz CT molecular complexity index is 1130. The second kappa shape index (κ2) is 6.40. The summed E-state index contributed by atoms with van der Waals surface area (Å²) in [5.41, 5.74) is 2.23. The molecule has 0 atom stereocenters. The van der Waals surface area contributed by atoms with Crippen molar-refractivity contribution in [2.75, 3.05) is 14.2 Å². The Labute approximate surface area is 149 Å². The largest absolute Gasteiger partial charge is 0.493 e. The molecule has 0 spiro atoms. The molecule has 0 unspecified atom stereocenters. The number of methoxy groups -OCH3 is 2. The van der Waals surface area contributed by atoms with Crippen molar-refractivity contribution < 1.29 is 13.9 Å². The van der Waals surface area contributed by atoms with Gasteiger partial charge in [0, 0.05) is 11.8 Å². The lowest BCUT2D eigenvalue weighted by Crippen LogP contribution is -2.05. The molecule has 2 aromatic heterocycles. The SMILES string of the molecule is COc1ccc2c(=O)c(-c3cnn(-c4ccccc4)c3)coc2c1OC. The van der Waals surface area contributed by atoms with Crippen LogP contribution in [0.5, 0.6) is 11.5 Å². The van der Waals surface area contributed by atoms with Crippen molar-refractivity contribution in [3.63, 3.8) is 0 Å². The molecule has 0 fully saturated rings. The Morgan fingerprint density at radius 2 is 1.85 bits per heavy atom. The summed E-state index contributed by atoms with van der Waals surface area (Å²) in [5, 5.41) is 4.76. The van der Waals surface area contributed by atoms with Gasteiger partial charge in [0.25, 0.3) is 0 Å². The first-order chi connectivity index (χ1) is 12.7. The van der Waals surface area contributed by atoms with Crippen LogP contribution in [0.2, 0.25) is 0 Å². The topological polar surface area (TPSA) is 66.5 Å². The monoisotopic (exact) mass is 348 g/mol. The highest BCUT2D eigenvalue weighted by molar-refractivity contribution is 5.88. The van der Waals surface area contributed by atoms with E-state index in [1.54, 1.807) is 29.2 Å². The van der Waals surface area contributed by atoms with Crippen LogP contribution < -0.4 is 14.9 Å². The van der Waals surface area contributed by atoms with Gasteiger partial charge in [-0.15, -0.1) is 0 Å². The number of fused-ring (bicyclic) bond motifs is 1. The van der Waals surface area contributed by atoms with Crippen molar-refractivity contribution in [2.24, 2.45) is 0 Å². The van der Waals surface area contributed by atoms with E-state index >= 15 is 0 Å². The molecule has 0 bridgehead atoms. The number of benzene rings is 2. The van der Waals surface area contributed by atoms with Gasteiger partial charge in [-0.3, -0.25) is 4.79 Å². The van der Waals surface area contributed by atoms with E-state index in [9.17, 15) is 4.79 Å². The van der Waals surface area contributed by atoms with Crippen molar-refractivity contribution in [2.45, 2.75) is 0 Å². The van der Waals surface area contributed by atoms with E-state index in [1.165, 1.54) is 20.5 Å². The zero-order valence-corrected chi connectivity index (χ0v) is 14.3. The number of hydrogen-bond acceptors (Lipinski definition) is 5. The van der Waals surface area contributed by atoms with Gasteiger partial charge in [-0.05, 0) is 24.3 Å². The van der Waals surface area contributed by atoms with Gasteiger partial charge in [-0.2, -0.15) is 5.10 Å². The van der Waals surface area contributed by atoms with E-state index in [0.29, 0.717) is 33.6 Å². The molecule has 6 heteroatoms. The van der Waals surface area contributed by atoms with Crippen LogP contribution in [-0.2, 0) is 0 Å². The highest BCUT2D eigenvalue weighted by atomic mass is 16.5. The fourth-order valence-electron chi connectivity index (χ4n) is 2.89. The van der Waals surface area contributed by atoms with Gasteiger partial charge in [0.15, 0.2) is 11.3 Å². The van der Waals surface area contributed by atoms with Gasteiger partial charge in [0.05, 0.1) is 37.1 Å². The van der Waals surface area contributed by atoms with E-state index in [2.05, 4.69) is 5.10 Å². The first-order valence-electron chi connectivity index (χ1n) is 8.00. The first kappa shape index (κ1) is 16.0. The van der Waals surface area contributed by atoms with Crippen molar-refractivity contribution in [1.82, 2.24) is 9.78 Å². The summed E-state index contributed by atoms with van der Waals surface area (Å²) in [7, 11) is 3.04. The van der Waals surface area contributed by atoms with E-state index < -0.39 is 0 Å². The van der Waals surface area contributed by atoms with E-state index in [-0.39, 0.29) is 5.43 Å². The molecular formula is C20H16N2O4. The van der Waals surface area contributed by atoms with Gasteiger partial charge < -0.3 is 13.9 Å². The van der Waals surface area contributed by atoms with Crippen molar-refractivity contribution in [1.29, 1.82) is 0 Å². The minimum atomic E-state index is -0.153. The Morgan fingerprint density at radius 1 is 1.04 bits per heavy atom. The summed E-state index contributed by atoms with van der Waals surface area (Å²) in [4.78, 5) is 12.9. The molecule has 4 aromatic rings. The minimum absolute atomic E-state index is 0.153. The van der Waals surface area contributed by atoms with Crippen LogP contribution in [-0.4, -0.2) is 24.0 Å². The number of ether oxygens (including phenoxy) is 2. The molecule has 6 nitrogen and oxygen atoms in total. The zero-order valence-electron chi connectivity index (χ0n) is 14.3. The lowest BCUT2D eigenvalue weighted by atomic mass is 10.1. The molecule has 0 saturated carbocycles. The molecule has 4 rings (SSSR count). The second-order valence-corrected chi connectivity index (χ2v) is 5.67. The molecule has 2 heterocycles. The molecule has 2 aromatic carbocycles. The maximum atomic E-state index is 12.9. The van der Waals surface area contributed by atoms with Crippen LogP contribution >= 0.6 is 0 Å². The average molecular weight is 348 g/mol. The Balaban J connectivity index is 1.85. The van der Waals surface area contributed by atoms with Gasteiger partial charge in [0.2, 0.25) is 11.2 Å². The molecule has 0 saturated heterocycles. The molecule has 0 N–H and O–H groups in total. The molecule has 130 valence electrons. The van der Waals surface area contributed by atoms with Gasteiger partial charge in [-0.25, -0.2) is 4.68 Å². The highest BCUT2D eigenvalue weighted by Crippen LogP contribution is 2.35. The summed E-state index contributed by atoms with van der Waals surface area (Å²) in [6.45, 7) is 0. The standard InChI is InChI=1S/C20H16N2O4/c1-24-17-9-8-15-18(23)16(12-26-19(15)20(17)25-2)13-10-21-22(11-13)14-6-4-3-5-7-14/h3-12H,1-2H3. The third-order valence-corrected chi connectivity index (χ3v) is 4.20. The van der Waals surface area contributed by atoms with Crippen molar-refractivity contribution >= 4 is 11.0 Å². The fraction of sp³-hybridized carbons (Fsp3) is 0.100. The summed E-state index contributed by atoms with van der Waals surface area (Å²) in [5.74, 6) is 0.904. The van der Waals surface area contributed by atoms with Gasteiger partial charge in [0.1, 0.15) is 6.26 Å². The van der Waals surface area contributed by atoms with Crippen LogP contribution in [0.4, 0.5) is 0 Å². The Morgan fingerprint density at radius 3 is 2.58 bits per heavy atom. The highest BCUT2D eigenvalue weighted by Gasteiger charge is 2.17. The normalized spacial score (nSPS) is 10.8. The van der Waals surface area contributed by atoms with E-state index in [4.69, 9.17) is 13.9 Å². The Kier molecular flexibility index (Phi) is 3.93. The number of nitrogens with zero attached hydrogens (tertiary/aromatic N) is 2. The van der Waals surface area contributed by atoms with Crippen molar-refractivity contribution in [3.05, 3.63) is 71.3 Å². The zero-order chi connectivity index (χ0) is 18.1. The van der Waals surface area contributed by atoms with Crippen LogP contribution in [0.15, 0.2) is 70.3 Å². The number of rotatable bonds is 4. The summed E-state index contributed by atoms with van der Waals surface area (Å²) in [6, 6.07) is 13.0. The molecule has 0 aliphatic rings. The summed E-state index contributed by atoms with van der Waals surface area (Å²) in [6.07, 6.45) is 4.87. The smallest absolute Gasteiger partial charge is 0.204 e. The predicted octanol–water partition coefficient (Wildman–Crippen LogP) is 3.66. The van der Waals surface area contributed by atoms with Gasteiger partial charge >= 0.3 is 0 Å². The van der Waals surface area contributed by atoms with Gasteiger partial charge in [-0.1, -0.05) is 18.2 Å². The minimum Gasteiger partial charge on any atom is -0.493 e. The predicted molar refractivity (Wildman–Crippen MR) is 98.1 cm³/mol. The van der Waals surface area contributed by atoms with Crippen molar-refractivity contribution in [3.8, 4) is 28.3 Å². The lowest BCUT2D eigenvalue weighted by Gasteiger charge is -2.09. The quantitative estimate of drug-likeness (QED) is 0.563. The number of hydrogen-bond donors (Lipinski definition) is 0. The third kappa shape index (κ3) is 2.52. The molecule has 0 aliphatic carbocycles. The van der Waals surface area contributed by atoms with E-state index in [0.717, 1.165) is 5.69 Å². The maximum absolute atomic E-state index is 12.9. The number of para-hydroxylation sites is 1. The van der Waals surface area contributed by atoms with Crippen LogP contribution in [0.25, 0.3) is 27.8 Å². The lowest BCUT2D eigenvalue weighted by molar-refractivity contribution is 0.353. The average Bonchev–Trinajstić information content (AvgIpc) is 3.18. The second-order valence-electron chi connectivity index (χ2n) is 5.67. The molecule has 26 heavy (non-hydrogen) atoms. The Hall–Kier alpha value is -3.54. The first-order valence-corrected chi connectivity index (χ1v) is 8.00. The number of aromatic nitrogens is 2. The molecule has 0 radical (unpaired) electrons.